The van der Waals surface area contributed by atoms with Gasteiger partial charge in [0, 0.05) is 11.9 Å². The lowest BCUT2D eigenvalue weighted by atomic mass is 10.1. The monoisotopic (exact) mass is 336 g/mol. The lowest BCUT2D eigenvalue weighted by molar-refractivity contribution is 0.0594. The average Bonchev–Trinajstić information content (AvgIpc) is 2.92. The predicted molar refractivity (Wildman–Crippen MR) is 89.0 cm³/mol. The number of halogens is 1. The van der Waals surface area contributed by atoms with Gasteiger partial charge in [-0.25, -0.2) is 4.39 Å². The van der Waals surface area contributed by atoms with Crippen LogP contribution in [0.4, 0.5) is 4.39 Å². The average molecular weight is 336 g/mol. The van der Waals surface area contributed by atoms with E-state index in [4.69, 9.17) is 0 Å². The van der Waals surface area contributed by atoms with Gasteiger partial charge in [0.15, 0.2) is 0 Å². The number of aliphatic hydroxyl groups is 1. The summed E-state index contributed by atoms with van der Waals surface area (Å²) in [5.74, 6) is -0.214. The van der Waals surface area contributed by atoms with Crippen molar-refractivity contribution in [2.45, 2.75) is 26.9 Å². The molecule has 1 amide bonds. The van der Waals surface area contributed by atoms with Crippen molar-refractivity contribution in [2.24, 2.45) is 5.92 Å². The second-order valence-electron chi connectivity index (χ2n) is 5.98. The van der Waals surface area contributed by atoms with Gasteiger partial charge in [0.1, 0.15) is 5.82 Å². The van der Waals surface area contributed by atoms with Crippen LogP contribution in [0.25, 0.3) is 0 Å². The molecule has 0 aliphatic rings. The highest BCUT2D eigenvalue weighted by atomic mass is 32.1. The maximum atomic E-state index is 13.0. The second-order valence-corrected chi connectivity index (χ2v) is 6.61. The summed E-state index contributed by atoms with van der Waals surface area (Å²) < 4.78 is 17.1. The molecule has 1 aromatic heterocycles. The standard InChI is InChI=1S/C17H21FN2O2S/c1-11(2)8-20(17(22)15-10-23-19-12(15)3)9-16(21)13-4-6-14(18)7-5-13/h4-7,10-11,16,21H,8-9H2,1-3H3. The second kappa shape index (κ2) is 7.66. The Bertz CT molecular complexity index is 655. The minimum absolute atomic E-state index is 0.133. The van der Waals surface area contributed by atoms with Crippen molar-refractivity contribution in [2.75, 3.05) is 13.1 Å². The van der Waals surface area contributed by atoms with Crippen molar-refractivity contribution in [3.63, 3.8) is 0 Å². The predicted octanol–water partition coefficient (Wildman–Crippen LogP) is 3.42. The number of aromatic nitrogens is 1. The van der Waals surface area contributed by atoms with Crippen molar-refractivity contribution < 1.29 is 14.3 Å². The number of nitrogens with zero attached hydrogens (tertiary/aromatic N) is 2. The number of carbonyl (C=O) groups is 1. The van der Waals surface area contributed by atoms with Crippen molar-refractivity contribution in [3.05, 3.63) is 52.3 Å². The third kappa shape index (κ3) is 4.59. The first kappa shape index (κ1) is 17.6. The van der Waals surface area contributed by atoms with Crippen LogP contribution in [-0.2, 0) is 0 Å². The lowest BCUT2D eigenvalue weighted by Crippen LogP contribution is -2.37. The molecule has 0 fully saturated rings. The number of carbonyl (C=O) groups excluding carboxylic acids is 1. The molecule has 1 atom stereocenters. The quantitative estimate of drug-likeness (QED) is 0.879. The molecule has 4 nitrogen and oxygen atoms in total. The van der Waals surface area contributed by atoms with Crippen LogP contribution < -0.4 is 0 Å². The maximum Gasteiger partial charge on any atom is 0.256 e. The number of hydrogen-bond donors (Lipinski definition) is 1. The highest BCUT2D eigenvalue weighted by Crippen LogP contribution is 2.19. The van der Waals surface area contributed by atoms with Crippen LogP contribution in [0.2, 0.25) is 0 Å². The van der Waals surface area contributed by atoms with E-state index in [-0.39, 0.29) is 24.2 Å². The smallest absolute Gasteiger partial charge is 0.256 e. The topological polar surface area (TPSA) is 53.4 Å². The summed E-state index contributed by atoms with van der Waals surface area (Å²) in [5, 5.41) is 12.1. The highest BCUT2D eigenvalue weighted by Gasteiger charge is 2.23. The molecule has 23 heavy (non-hydrogen) atoms. The molecular weight excluding hydrogens is 315 g/mol. The van der Waals surface area contributed by atoms with E-state index in [1.807, 2.05) is 13.8 Å². The number of benzene rings is 1. The van der Waals surface area contributed by atoms with Crippen LogP contribution >= 0.6 is 11.5 Å². The SMILES string of the molecule is Cc1nscc1C(=O)N(CC(C)C)CC(O)c1ccc(F)cc1. The van der Waals surface area contributed by atoms with Crippen molar-refractivity contribution in [3.8, 4) is 0 Å². The van der Waals surface area contributed by atoms with Gasteiger partial charge in [-0.1, -0.05) is 26.0 Å². The van der Waals surface area contributed by atoms with Crippen molar-refractivity contribution in [1.82, 2.24) is 9.27 Å². The molecule has 0 aliphatic carbocycles. The van der Waals surface area contributed by atoms with E-state index >= 15 is 0 Å². The normalized spacial score (nSPS) is 12.4. The first-order valence-corrected chi connectivity index (χ1v) is 8.36. The molecule has 0 saturated heterocycles. The number of rotatable bonds is 6. The molecule has 2 aromatic rings. The molecular formula is C17H21FN2O2S. The van der Waals surface area contributed by atoms with Gasteiger partial charge >= 0.3 is 0 Å². The van der Waals surface area contributed by atoms with Crippen molar-refractivity contribution >= 4 is 17.4 Å². The third-order valence-corrected chi connectivity index (χ3v) is 4.22. The summed E-state index contributed by atoms with van der Waals surface area (Å²) in [6, 6.07) is 5.69. The van der Waals surface area contributed by atoms with Crippen LogP contribution in [0, 0.1) is 18.7 Å². The Labute approximate surface area is 139 Å². The molecule has 2 rings (SSSR count). The zero-order valence-electron chi connectivity index (χ0n) is 13.5. The van der Waals surface area contributed by atoms with Gasteiger partial charge < -0.3 is 10.0 Å². The van der Waals surface area contributed by atoms with Gasteiger partial charge in [0.25, 0.3) is 5.91 Å². The van der Waals surface area contributed by atoms with E-state index in [1.165, 1.54) is 35.8 Å². The van der Waals surface area contributed by atoms with Gasteiger partial charge in [-0.3, -0.25) is 4.79 Å². The molecule has 0 saturated carbocycles. The first-order chi connectivity index (χ1) is 10.9. The number of aliphatic hydroxyl groups excluding tert-OH is 1. The number of aryl methyl sites for hydroxylation is 1. The fourth-order valence-electron chi connectivity index (χ4n) is 2.35. The molecule has 0 aliphatic heterocycles. The molecule has 0 radical (unpaired) electrons. The lowest BCUT2D eigenvalue weighted by Gasteiger charge is -2.27. The maximum absolute atomic E-state index is 13.0. The van der Waals surface area contributed by atoms with E-state index in [9.17, 15) is 14.3 Å². The van der Waals surface area contributed by atoms with Crippen LogP contribution in [-0.4, -0.2) is 33.4 Å². The molecule has 1 heterocycles. The van der Waals surface area contributed by atoms with Gasteiger partial charge in [0.2, 0.25) is 0 Å². The van der Waals surface area contributed by atoms with E-state index in [0.717, 1.165) is 0 Å². The summed E-state index contributed by atoms with van der Waals surface area (Å²) in [6.45, 7) is 6.53. The van der Waals surface area contributed by atoms with Crippen LogP contribution in [0.15, 0.2) is 29.6 Å². The van der Waals surface area contributed by atoms with Crippen molar-refractivity contribution in [1.29, 1.82) is 0 Å². The largest absolute Gasteiger partial charge is 0.387 e. The molecule has 0 bridgehead atoms. The van der Waals surface area contributed by atoms with Crippen LogP contribution in [0.1, 0.15) is 41.6 Å². The van der Waals surface area contributed by atoms with Gasteiger partial charge in [-0.05, 0) is 42.1 Å². The summed E-state index contributed by atoms with van der Waals surface area (Å²) in [5.41, 5.74) is 1.86. The Kier molecular flexibility index (Phi) is 5.85. The van der Waals surface area contributed by atoms with E-state index in [2.05, 4.69) is 4.37 Å². The molecule has 124 valence electrons. The third-order valence-electron chi connectivity index (χ3n) is 3.50. The molecule has 6 heteroatoms. The van der Waals surface area contributed by atoms with Gasteiger partial charge in [-0.2, -0.15) is 4.37 Å². The van der Waals surface area contributed by atoms with E-state index in [0.29, 0.717) is 23.4 Å². The minimum atomic E-state index is -0.856. The summed E-state index contributed by atoms with van der Waals surface area (Å²) in [6.07, 6.45) is -0.856. The highest BCUT2D eigenvalue weighted by molar-refractivity contribution is 7.03. The summed E-state index contributed by atoms with van der Waals surface area (Å²) in [4.78, 5) is 14.3. The first-order valence-electron chi connectivity index (χ1n) is 7.52. The zero-order chi connectivity index (χ0) is 17.0. The molecule has 1 N–H and O–H groups in total. The molecule has 0 spiro atoms. The zero-order valence-corrected chi connectivity index (χ0v) is 14.3. The Morgan fingerprint density at radius 2 is 1.96 bits per heavy atom. The summed E-state index contributed by atoms with van der Waals surface area (Å²) >= 11 is 1.25. The molecule has 1 aromatic carbocycles. The van der Waals surface area contributed by atoms with Crippen LogP contribution in [0.3, 0.4) is 0 Å². The Hall–Kier alpha value is -1.79. The summed E-state index contributed by atoms with van der Waals surface area (Å²) in [7, 11) is 0. The fourth-order valence-corrected chi connectivity index (χ4v) is 3.03. The Morgan fingerprint density at radius 1 is 1.30 bits per heavy atom. The van der Waals surface area contributed by atoms with Gasteiger partial charge in [-0.15, -0.1) is 0 Å². The number of amides is 1. The van der Waals surface area contributed by atoms with E-state index < -0.39 is 6.10 Å². The fraction of sp³-hybridized carbons (Fsp3) is 0.412. The van der Waals surface area contributed by atoms with E-state index in [1.54, 1.807) is 17.2 Å². The molecule has 1 unspecified atom stereocenters. The Morgan fingerprint density at radius 3 is 2.48 bits per heavy atom. The minimum Gasteiger partial charge on any atom is -0.387 e. The number of hydrogen-bond acceptors (Lipinski definition) is 4. The van der Waals surface area contributed by atoms with Crippen LogP contribution in [0.5, 0.6) is 0 Å². The van der Waals surface area contributed by atoms with Gasteiger partial charge in [0.05, 0.1) is 23.9 Å². The Balaban J connectivity index is 2.16.